The first kappa shape index (κ1) is 28.5. The molecule has 2 aromatic rings. The van der Waals surface area contributed by atoms with E-state index < -0.39 is 30.6 Å². The van der Waals surface area contributed by atoms with Gasteiger partial charge < -0.3 is 29.6 Å². The zero-order valence-electron chi connectivity index (χ0n) is 21.8. The van der Waals surface area contributed by atoms with E-state index in [0.29, 0.717) is 32.5 Å². The van der Waals surface area contributed by atoms with Crippen LogP contribution in [0.25, 0.3) is 0 Å². The zero-order valence-corrected chi connectivity index (χ0v) is 21.8. The average molecular weight is 512 g/mol. The summed E-state index contributed by atoms with van der Waals surface area (Å²) in [6.45, 7) is 3.51. The second-order valence-electron chi connectivity index (χ2n) is 9.67. The molecule has 1 amide bonds. The second kappa shape index (κ2) is 13.5. The smallest absolute Gasteiger partial charge is 0.451 e. The monoisotopic (exact) mass is 512 g/mol. The molecule has 0 bridgehead atoms. The van der Waals surface area contributed by atoms with Crippen LogP contribution in [-0.4, -0.2) is 67.5 Å². The topological polar surface area (TPSA) is 118 Å². The molecule has 1 aliphatic rings. The fourth-order valence-corrected chi connectivity index (χ4v) is 5.06. The summed E-state index contributed by atoms with van der Waals surface area (Å²) in [5, 5.41) is 22.2. The van der Waals surface area contributed by atoms with E-state index in [9.17, 15) is 19.6 Å². The molecule has 2 aromatic carbocycles. The van der Waals surface area contributed by atoms with Gasteiger partial charge in [-0.05, 0) is 41.9 Å². The lowest BCUT2D eigenvalue weighted by Gasteiger charge is -2.36. The summed E-state index contributed by atoms with van der Waals surface area (Å²) in [6.07, 6.45) is 0.574. The second-order valence-corrected chi connectivity index (χ2v) is 9.67. The first-order valence-corrected chi connectivity index (χ1v) is 12.5. The molecule has 10 heteroatoms. The zero-order chi connectivity index (χ0) is 26.8. The van der Waals surface area contributed by atoms with Crippen molar-refractivity contribution in [1.82, 2.24) is 10.2 Å². The minimum Gasteiger partial charge on any atom is -0.497 e. The fraction of sp³-hybridized carbons (Fsp3) is 0.481. The average Bonchev–Trinajstić information content (AvgIpc) is 3.19. The number of nitrogens with zero attached hydrogens (tertiary/aromatic N) is 1. The van der Waals surface area contributed by atoms with E-state index in [1.807, 2.05) is 61.5 Å². The van der Waals surface area contributed by atoms with Crippen LogP contribution < -0.4 is 10.1 Å². The maximum absolute atomic E-state index is 13.2. The van der Waals surface area contributed by atoms with Gasteiger partial charge in [0.15, 0.2) is 0 Å². The van der Waals surface area contributed by atoms with Crippen molar-refractivity contribution >= 4 is 19.2 Å². The van der Waals surface area contributed by atoms with Crippen LogP contribution in [0.5, 0.6) is 5.75 Å². The molecule has 3 rings (SSSR count). The molecule has 0 aromatic heterocycles. The van der Waals surface area contributed by atoms with Gasteiger partial charge in [0.05, 0.1) is 14.2 Å². The third-order valence-electron chi connectivity index (χ3n) is 7.21. The summed E-state index contributed by atoms with van der Waals surface area (Å²) < 4.78 is 15.9. The van der Waals surface area contributed by atoms with Crippen molar-refractivity contribution in [2.75, 3.05) is 27.3 Å². The molecule has 1 saturated heterocycles. The van der Waals surface area contributed by atoms with Gasteiger partial charge in [-0.2, -0.15) is 0 Å². The molecular weight excluding hydrogens is 475 g/mol. The minimum atomic E-state index is -1.43. The van der Waals surface area contributed by atoms with Gasteiger partial charge >= 0.3 is 19.2 Å². The number of amides is 1. The predicted octanol–water partition coefficient (Wildman–Crippen LogP) is 2.85. The molecule has 1 fully saturated rings. The molecule has 1 heterocycles. The number of nitrogens with one attached hydrogen (secondary N) is 1. The Kier molecular flexibility index (Phi) is 10.4. The van der Waals surface area contributed by atoms with Gasteiger partial charge in [0, 0.05) is 25.0 Å². The largest absolute Gasteiger partial charge is 0.497 e. The Morgan fingerprint density at radius 1 is 1.08 bits per heavy atom. The van der Waals surface area contributed by atoms with E-state index in [0.717, 1.165) is 16.9 Å². The normalized spacial score (nSPS) is 20.9. The number of esters is 1. The number of carbonyl (C=O) groups excluding carboxylic acids is 2. The van der Waals surface area contributed by atoms with Crippen molar-refractivity contribution in [2.45, 2.75) is 45.3 Å². The number of ether oxygens (including phenoxy) is 3. The summed E-state index contributed by atoms with van der Waals surface area (Å²) in [4.78, 5) is 27.7. The van der Waals surface area contributed by atoms with Crippen LogP contribution >= 0.6 is 0 Å². The maximum Gasteiger partial charge on any atom is 0.451 e. The molecule has 3 N–H and O–H groups in total. The number of benzene rings is 2. The number of hydrogen-bond acceptors (Lipinski definition) is 8. The maximum atomic E-state index is 13.2. The van der Waals surface area contributed by atoms with Gasteiger partial charge in [-0.15, -0.1) is 0 Å². The van der Waals surface area contributed by atoms with Crippen LogP contribution in [0.3, 0.4) is 0 Å². The quantitative estimate of drug-likeness (QED) is 0.294. The van der Waals surface area contributed by atoms with Gasteiger partial charge in [0.1, 0.15) is 18.4 Å². The lowest BCUT2D eigenvalue weighted by Crippen LogP contribution is -2.49. The van der Waals surface area contributed by atoms with Crippen LogP contribution in [0.2, 0.25) is 6.32 Å². The summed E-state index contributed by atoms with van der Waals surface area (Å²) in [6, 6.07) is 16.3. The van der Waals surface area contributed by atoms with Crippen molar-refractivity contribution in [3.63, 3.8) is 0 Å². The number of hydrogen-bond donors (Lipinski definition) is 3. The van der Waals surface area contributed by atoms with Crippen molar-refractivity contribution in [2.24, 2.45) is 11.3 Å². The molecule has 9 nitrogen and oxygen atoms in total. The van der Waals surface area contributed by atoms with Gasteiger partial charge in [-0.3, -0.25) is 4.90 Å². The van der Waals surface area contributed by atoms with E-state index in [4.69, 9.17) is 14.2 Å². The molecule has 200 valence electrons. The Morgan fingerprint density at radius 2 is 1.78 bits per heavy atom. The van der Waals surface area contributed by atoms with Gasteiger partial charge in [-0.1, -0.05) is 55.8 Å². The molecule has 0 aliphatic carbocycles. The Morgan fingerprint density at radius 3 is 2.41 bits per heavy atom. The highest BCUT2D eigenvalue weighted by Gasteiger charge is 2.56. The molecular formula is C27H37BN2O7. The van der Waals surface area contributed by atoms with Crippen LogP contribution in [0.15, 0.2) is 54.6 Å². The molecule has 1 aliphatic heterocycles. The number of likely N-dealkylation sites (tertiary alicyclic amines) is 1. The summed E-state index contributed by atoms with van der Waals surface area (Å²) in [5.41, 5.74) is 1.26. The van der Waals surface area contributed by atoms with E-state index in [-0.39, 0.29) is 18.8 Å². The van der Waals surface area contributed by atoms with Crippen LogP contribution in [-0.2, 0) is 27.4 Å². The van der Waals surface area contributed by atoms with Crippen molar-refractivity contribution in [3.8, 4) is 5.75 Å². The predicted molar refractivity (Wildman–Crippen MR) is 140 cm³/mol. The van der Waals surface area contributed by atoms with Crippen LogP contribution in [0.1, 0.15) is 30.9 Å². The third-order valence-corrected chi connectivity index (χ3v) is 7.21. The lowest BCUT2D eigenvalue weighted by molar-refractivity contribution is -0.149. The highest BCUT2D eigenvalue weighted by molar-refractivity contribution is 6.40. The van der Waals surface area contributed by atoms with E-state index in [1.54, 1.807) is 7.11 Å². The van der Waals surface area contributed by atoms with Crippen LogP contribution in [0.4, 0.5) is 4.79 Å². The summed E-state index contributed by atoms with van der Waals surface area (Å²) >= 11 is 0. The Bertz CT molecular complexity index is 1010. The van der Waals surface area contributed by atoms with Crippen molar-refractivity contribution in [1.29, 1.82) is 0 Å². The van der Waals surface area contributed by atoms with Crippen molar-refractivity contribution < 1.29 is 33.8 Å². The minimum absolute atomic E-state index is 0.0951. The van der Waals surface area contributed by atoms with E-state index in [1.165, 1.54) is 12.0 Å². The number of carbonyl (C=O) groups is 2. The summed E-state index contributed by atoms with van der Waals surface area (Å²) in [7, 11) is 1.50. The molecule has 0 radical (unpaired) electrons. The summed E-state index contributed by atoms with van der Waals surface area (Å²) in [5.74, 6) is 0.167. The van der Waals surface area contributed by atoms with Crippen LogP contribution in [0, 0.1) is 11.3 Å². The first-order chi connectivity index (χ1) is 17.8. The molecule has 0 spiro atoms. The van der Waals surface area contributed by atoms with Crippen molar-refractivity contribution in [3.05, 3.63) is 65.7 Å². The lowest BCUT2D eigenvalue weighted by atomic mass is 9.69. The van der Waals surface area contributed by atoms with E-state index in [2.05, 4.69) is 5.32 Å². The Balaban J connectivity index is 1.76. The molecule has 3 atom stereocenters. The van der Waals surface area contributed by atoms with Gasteiger partial charge in [0.2, 0.25) is 0 Å². The molecule has 37 heavy (non-hydrogen) atoms. The third kappa shape index (κ3) is 7.47. The van der Waals surface area contributed by atoms with E-state index >= 15 is 0 Å². The Hall–Kier alpha value is -3.08. The fourth-order valence-electron chi connectivity index (χ4n) is 5.06. The number of methoxy groups -OCH3 is 2. The van der Waals surface area contributed by atoms with Gasteiger partial charge in [-0.25, -0.2) is 9.59 Å². The first-order valence-electron chi connectivity index (χ1n) is 12.5. The number of rotatable bonds is 12. The molecule has 0 unspecified atom stereocenters. The highest BCUT2D eigenvalue weighted by Crippen LogP contribution is 2.46. The molecule has 0 saturated carbocycles. The van der Waals surface area contributed by atoms with Gasteiger partial charge in [0.25, 0.3) is 0 Å². The SMILES string of the molecule is COC(=O)[C@H]1N(C(=O)OCc2ccccc2)C[C@H](CNCc2ccc(OC)cc2)[C@@]1(C)CCCB(O)O. The highest BCUT2D eigenvalue weighted by atomic mass is 16.6. The standard InChI is InChI=1S/C27H37BN2O7/c1-27(14-7-15-28(33)34)22(17-29-16-20-10-12-23(35-2)13-11-20)18-30(24(27)25(31)36-3)26(32)37-19-21-8-5-4-6-9-21/h4-6,8-13,22,24,29,33-34H,7,14-19H2,1-3H3/t22-,24+,27+/m0/s1. The Labute approximate surface area is 218 Å².